The number of hydrogen-bond acceptors (Lipinski definition) is 6. The van der Waals surface area contributed by atoms with Gasteiger partial charge in [-0.15, -0.1) is 0 Å². The van der Waals surface area contributed by atoms with E-state index in [9.17, 15) is 14.7 Å². The van der Waals surface area contributed by atoms with Gasteiger partial charge >= 0.3 is 5.97 Å². The molecule has 1 aliphatic rings. The number of rotatable bonds is 3. The van der Waals surface area contributed by atoms with Crippen LogP contribution in [0.15, 0.2) is 33.7 Å². The van der Waals surface area contributed by atoms with Gasteiger partial charge in [0.2, 0.25) is 12.5 Å². The van der Waals surface area contributed by atoms with Gasteiger partial charge in [0, 0.05) is 0 Å². The highest BCUT2D eigenvalue weighted by Gasteiger charge is 2.22. The number of carboxylic acids is 1. The highest BCUT2D eigenvalue weighted by atomic mass is 16.7. The quantitative estimate of drug-likeness (QED) is 0.781. The van der Waals surface area contributed by atoms with Crippen LogP contribution in [-0.4, -0.2) is 27.4 Å². The normalized spacial score (nSPS) is 12.7. The second-order valence-electron chi connectivity index (χ2n) is 5.38. The predicted molar refractivity (Wildman–Crippen MR) is 81.6 cm³/mol. The highest BCUT2D eigenvalue weighted by molar-refractivity contribution is 6.02. The topological polar surface area (TPSA) is 104 Å². The summed E-state index contributed by atoms with van der Waals surface area (Å²) >= 11 is 0. The summed E-state index contributed by atoms with van der Waals surface area (Å²) in [6.45, 7) is 1.89. The zero-order valence-electron chi connectivity index (χ0n) is 12.6. The number of fused-ring (bicyclic) bond motifs is 2. The van der Waals surface area contributed by atoms with E-state index >= 15 is 0 Å². The molecule has 1 N–H and O–H groups in total. The van der Waals surface area contributed by atoms with Crippen LogP contribution in [0.5, 0.6) is 11.5 Å². The van der Waals surface area contributed by atoms with Gasteiger partial charge in [-0.2, -0.15) is 0 Å². The van der Waals surface area contributed by atoms with Crippen molar-refractivity contribution in [2.24, 2.45) is 0 Å². The maximum atomic E-state index is 12.6. The molecule has 0 atom stereocenters. The van der Waals surface area contributed by atoms with Crippen LogP contribution in [0.25, 0.3) is 11.1 Å². The molecule has 122 valence electrons. The first-order valence-corrected chi connectivity index (χ1v) is 7.15. The van der Waals surface area contributed by atoms with Gasteiger partial charge < -0.3 is 19.0 Å². The zero-order valence-corrected chi connectivity index (χ0v) is 12.6. The van der Waals surface area contributed by atoms with Gasteiger partial charge in [-0.25, -0.2) is 9.78 Å². The monoisotopic (exact) mass is 328 g/mol. The molecule has 0 amide bonds. The lowest BCUT2D eigenvalue weighted by atomic mass is 10.2. The largest absolute Gasteiger partial charge is 0.478 e. The Labute approximate surface area is 134 Å². The lowest BCUT2D eigenvalue weighted by Gasteiger charge is -2.06. The number of aromatic carboxylic acids is 1. The van der Waals surface area contributed by atoms with E-state index in [0.717, 1.165) is 5.56 Å². The van der Waals surface area contributed by atoms with Gasteiger partial charge in [-0.3, -0.25) is 9.36 Å². The van der Waals surface area contributed by atoms with E-state index in [4.69, 9.17) is 13.9 Å². The van der Waals surface area contributed by atoms with Crippen LogP contribution in [0, 0.1) is 6.92 Å². The third kappa shape index (κ3) is 2.11. The van der Waals surface area contributed by atoms with E-state index < -0.39 is 11.5 Å². The Morgan fingerprint density at radius 2 is 2.12 bits per heavy atom. The molecule has 0 radical (unpaired) electrons. The summed E-state index contributed by atoms with van der Waals surface area (Å²) < 4.78 is 17.2. The van der Waals surface area contributed by atoms with Gasteiger partial charge in [0.1, 0.15) is 23.0 Å². The molecule has 0 aliphatic carbocycles. The van der Waals surface area contributed by atoms with Crippen LogP contribution < -0.4 is 15.0 Å². The molecule has 4 rings (SSSR count). The van der Waals surface area contributed by atoms with E-state index in [1.165, 1.54) is 17.8 Å². The fourth-order valence-corrected chi connectivity index (χ4v) is 2.74. The fraction of sp³-hybridized carbons (Fsp3) is 0.188. The van der Waals surface area contributed by atoms with E-state index in [-0.39, 0.29) is 35.8 Å². The number of carbonyl (C=O) groups is 1. The SMILES string of the molecule is Cc1oc2ncn(Cc3ccc4c(c3)OCO4)c(=O)c2c1C(=O)O. The van der Waals surface area contributed by atoms with Gasteiger partial charge in [-0.1, -0.05) is 6.07 Å². The standard InChI is InChI=1S/C16H12N2O6/c1-8-12(16(20)21)13-14(24-8)17-6-18(15(13)19)5-9-2-3-10-11(4-9)23-7-22-10/h2-4,6H,5,7H2,1H3,(H,20,21). The molecule has 1 aromatic carbocycles. The molecular formula is C16H12N2O6. The molecule has 0 fully saturated rings. The zero-order chi connectivity index (χ0) is 16.8. The Balaban J connectivity index is 1.80. The number of ether oxygens (including phenoxy) is 2. The molecular weight excluding hydrogens is 316 g/mol. The summed E-state index contributed by atoms with van der Waals surface area (Å²) in [6, 6.07) is 5.35. The van der Waals surface area contributed by atoms with Crippen molar-refractivity contribution in [3.8, 4) is 11.5 Å². The summed E-state index contributed by atoms with van der Waals surface area (Å²) in [5.41, 5.74) is 0.214. The molecule has 0 bridgehead atoms. The average Bonchev–Trinajstić information content (AvgIpc) is 3.13. The first kappa shape index (κ1) is 14.3. The summed E-state index contributed by atoms with van der Waals surface area (Å²) in [6.07, 6.45) is 1.34. The Bertz CT molecular complexity index is 1030. The third-order valence-electron chi connectivity index (χ3n) is 3.86. The van der Waals surface area contributed by atoms with Crippen LogP contribution >= 0.6 is 0 Å². The van der Waals surface area contributed by atoms with Crippen molar-refractivity contribution in [3.63, 3.8) is 0 Å². The number of benzene rings is 1. The Kier molecular flexibility index (Phi) is 3.05. The molecule has 24 heavy (non-hydrogen) atoms. The van der Waals surface area contributed by atoms with Crippen molar-refractivity contribution in [1.29, 1.82) is 0 Å². The average molecular weight is 328 g/mol. The molecule has 0 spiro atoms. The Hall–Kier alpha value is -3.29. The Morgan fingerprint density at radius 3 is 2.92 bits per heavy atom. The number of carboxylic acid groups (broad SMARTS) is 1. The first-order chi connectivity index (χ1) is 11.5. The van der Waals surface area contributed by atoms with Gasteiger partial charge in [0.25, 0.3) is 5.56 Å². The van der Waals surface area contributed by atoms with Crippen LogP contribution in [0.3, 0.4) is 0 Å². The van der Waals surface area contributed by atoms with Gasteiger partial charge in [0.05, 0.1) is 6.54 Å². The number of aryl methyl sites for hydroxylation is 1. The van der Waals surface area contributed by atoms with E-state index in [0.29, 0.717) is 11.5 Å². The van der Waals surface area contributed by atoms with Gasteiger partial charge in [0.15, 0.2) is 11.5 Å². The van der Waals surface area contributed by atoms with E-state index in [1.807, 2.05) is 6.07 Å². The number of hydrogen-bond donors (Lipinski definition) is 1. The lowest BCUT2D eigenvalue weighted by molar-refractivity contribution is 0.0697. The molecule has 8 heteroatoms. The van der Waals surface area contributed by atoms with Gasteiger partial charge in [-0.05, 0) is 24.6 Å². The summed E-state index contributed by atoms with van der Waals surface area (Å²) in [4.78, 5) is 28.1. The van der Waals surface area contributed by atoms with Crippen molar-refractivity contribution >= 4 is 17.1 Å². The van der Waals surface area contributed by atoms with Crippen LogP contribution in [0.1, 0.15) is 21.7 Å². The maximum Gasteiger partial charge on any atom is 0.340 e. The van der Waals surface area contributed by atoms with Crippen molar-refractivity contribution in [2.75, 3.05) is 6.79 Å². The second kappa shape index (κ2) is 5.12. The van der Waals surface area contributed by atoms with Crippen molar-refractivity contribution in [3.05, 3.63) is 51.8 Å². The predicted octanol–water partition coefficient (Wildman–Crippen LogP) is 1.77. The maximum absolute atomic E-state index is 12.6. The summed E-state index contributed by atoms with van der Waals surface area (Å²) in [5.74, 6) is 0.201. The van der Waals surface area contributed by atoms with Crippen LogP contribution in [0.4, 0.5) is 0 Å². The number of nitrogens with zero attached hydrogens (tertiary/aromatic N) is 2. The third-order valence-corrected chi connectivity index (χ3v) is 3.86. The van der Waals surface area contributed by atoms with Crippen LogP contribution in [0.2, 0.25) is 0 Å². The highest BCUT2D eigenvalue weighted by Crippen LogP contribution is 2.32. The molecule has 2 aromatic heterocycles. The van der Waals surface area contributed by atoms with Crippen molar-refractivity contribution < 1.29 is 23.8 Å². The lowest BCUT2D eigenvalue weighted by Crippen LogP contribution is -2.22. The molecule has 8 nitrogen and oxygen atoms in total. The summed E-state index contributed by atoms with van der Waals surface area (Å²) in [7, 11) is 0. The minimum absolute atomic E-state index is 0.0248. The van der Waals surface area contributed by atoms with E-state index in [2.05, 4.69) is 4.98 Å². The minimum atomic E-state index is -1.22. The van der Waals surface area contributed by atoms with Crippen LogP contribution in [-0.2, 0) is 6.54 Å². The van der Waals surface area contributed by atoms with Crippen molar-refractivity contribution in [1.82, 2.24) is 9.55 Å². The van der Waals surface area contributed by atoms with E-state index in [1.54, 1.807) is 12.1 Å². The molecule has 3 heterocycles. The first-order valence-electron chi connectivity index (χ1n) is 7.15. The molecule has 0 unspecified atom stereocenters. The van der Waals surface area contributed by atoms with Crippen molar-refractivity contribution in [2.45, 2.75) is 13.5 Å². The minimum Gasteiger partial charge on any atom is -0.478 e. The second-order valence-corrected chi connectivity index (χ2v) is 5.38. The summed E-state index contributed by atoms with van der Waals surface area (Å²) in [5, 5.41) is 9.27. The number of aromatic nitrogens is 2. The molecule has 3 aromatic rings. The molecule has 0 saturated carbocycles. The fourth-order valence-electron chi connectivity index (χ4n) is 2.74. The molecule has 0 saturated heterocycles. The Morgan fingerprint density at radius 1 is 1.33 bits per heavy atom. The number of furan rings is 1. The smallest absolute Gasteiger partial charge is 0.340 e. The molecule has 1 aliphatic heterocycles.